The molecule has 106 valence electrons. The first kappa shape index (κ1) is 15.1. The zero-order valence-corrected chi connectivity index (χ0v) is 13.1. The fraction of sp³-hybridized carbons (Fsp3) is 0.333. The lowest BCUT2D eigenvalue weighted by molar-refractivity contribution is 0.818. The second-order valence-corrected chi connectivity index (χ2v) is 5.94. The summed E-state index contributed by atoms with van der Waals surface area (Å²) >= 11 is 7.61. The highest BCUT2D eigenvalue weighted by atomic mass is 35.5. The number of nitrogens with one attached hydrogen (secondary N) is 1. The summed E-state index contributed by atoms with van der Waals surface area (Å²) in [6.45, 7) is 3.94. The Bertz CT molecular complexity index is 655. The van der Waals surface area contributed by atoms with Gasteiger partial charge in [-0.05, 0) is 25.0 Å². The van der Waals surface area contributed by atoms with Gasteiger partial charge in [0.1, 0.15) is 0 Å². The van der Waals surface area contributed by atoms with E-state index >= 15 is 0 Å². The summed E-state index contributed by atoms with van der Waals surface area (Å²) in [6, 6.07) is 7.70. The predicted octanol–water partition coefficient (Wildman–Crippen LogP) is 3.98. The van der Waals surface area contributed by atoms with Gasteiger partial charge >= 0.3 is 0 Å². The molecule has 0 saturated carbocycles. The molecule has 20 heavy (non-hydrogen) atoms. The van der Waals surface area contributed by atoms with Gasteiger partial charge in [0.25, 0.3) is 5.56 Å². The number of aromatic nitrogens is 2. The topological polar surface area (TPSA) is 45.8 Å². The first-order chi connectivity index (χ1) is 9.61. The van der Waals surface area contributed by atoms with Crippen LogP contribution in [0.15, 0.2) is 34.2 Å². The molecule has 0 aliphatic heterocycles. The van der Waals surface area contributed by atoms with Crippen molar-refractivity contribution in [1.29, 1.82) is 0 Å². The Labute approximate surface area is 127 Å². The van der Waals surface area contributed by atoms with Gasteiger partial charge in [0.2, 0.25) is 0 Å². The maximum atomic E-state index is 12.0. The Kier molecular flexibility index (Phi) is 5.26. The van der Waals surface area contributed by atoms with E-state index in [1.807, 2.05) is 31.2 Å². The summed E-state index contributed by atoms with van der Waals surface area (Å²) in [7, 11) is 0. The van der Waals surface area contributed by atoms with Crippen LogP contribution in [-0.2, 0) is 12.2 Å². The molecule has 0 bridgehead atoms. The second kappa shape index (κ2) is 6.95. The lowest BCUT2D eigenvalue weighted by Crippen LogP contribution is -2.17. The summed E-state index contributed by atoms with van der Waals surface area (Å²) in [5.41, 5.74) is 2.62. The van der Waals surface area contributed by atoms with Crippen LogP contribution >= 0.6 is 23.4 Å². The van der Waals surface area contributed by atoms with Crippen LogP contribution in [0.2, 0.25) is 5.02 Å². The number of aromatic amines is 1. The summed E-state index contributed by atoms with van der Waals surface area (Å²) in [5.74, 6) is 0.690. The third kappa shape index (κ3) is 3.64. The van der Waals surface area contributed by atoms with Gasteiger partial charge in [-0.3, -0.25) is 4.79 Å². The smallest absolute Gasteiger partial charge is 0.254 e. The number of rotatable bonds is 5. The zero-order valence-electron chi connectivity index (χ0n) is 11.6. The van der Waals surface area contributed by atoms with Gasteiger partial charge in [0.05, 0.1) is 0 Å². The Morgan fingerprint density at radius 2 is 2.10 bits per heavy atom. The summed E-state index contributed by atoms with van der Waals surface area (Å²) in [6.07, 6.45) is 1.71. The van der Waals surface area contributed by atoms with E-state index in [4.69, 9.17) is 11.6 Å². The highest BCUT2D eigenvalue weighted by Gasteiger charge is 2.08. The molecule has 1 heterocycles. The van der Waals surface area contributed by atoms with Gasteiger partial charge < -0.3 is 4.98 Å². The molecule has 0 aliphatic rings. The van der Waals surface area contributed by atoms with E-state index in [1.54, 1.807) is 0 Å². The molecule has 0 fully saturated rings. The normalized spacial score (nSPS) is 10.8. The van der Waals surface area contributed by atoms with E-state index < -0.39 is 0 Å². The van der Waals surface area contributed by atoms with Crippen molar-refractivity contribution in [3.05, 3.63) is 56.5 Å². The average molecular weight is 309 g/mol. The molecular formula is C15H17ClN2OS. The predicted molar refractivity (Wildman–Crippen MR) is 84.6 cm³/mol. The van der Waals surface area contributed by atoms with E-state index in [0.717, 1.165) is 34.7 Å². The van der Waals surface area contributed by atoms with Crippen molar-refractivity contribution in [2.24, 2.45) is 0 Å². The molecule has 1 aromatic carbocycles. The molecule has 0 unspecified atom stereocenters. The highest BCUT2D eigenvalue weighted by molar-refractivity contribution is 7.98. The van der Waals surface area contributed by atoms with E-state index in [2.05, 4.69) is 16.9 Å². The number of hydrogen-bond acceptors (Lipinski definition) is 3. The molecule has 2 rings (SSSR count). The van der Waals surface area contributed by atoms with E-state index in [1.165, 1.54) is 11.8 Å². The molecule has 0 spiro atoms. The van der Waals surface area contributed by atoms with Crippen LogP contribution in [0.3, 0.4) is 0 Å². The minimum atomic E-state index is -0.0268. The summed E-state index contributed by atoms with van der Waals surface area (Å²) < 4.78 is 0. The van der Waals surface area contributed by atoms with Crippen molar-refractivity contribution in [2.45, 2.75) is 37.6 Å². The second-order valence-electron chi connectivity index (χ2n) is 4.57. The zero-order chi connectivity index (χ0) is 14.5. The van der Waals surface area contributed by atoms with Gasteiger partial charge in [-0.2, -0.15) is 0 Å². The van der Waals surface area contributed by atoms with Gasteiger partial charge in [-0.25, -0.2) is 4.98 Å². The molecule has 5 heteroatoms. The van der Waals surface area contributed by atoms with Crippen LogP contribution < -0.4 is 5.56 Å². The number of halogens is 1. The first-order valence-electron chi connectivity index (χ1n) is 6.57. The van der Waals surface area contributed by atoms with Gasteiger partial charge in [-0.1, -0.05) is 54.9 Å². The lowest BCUT2D eigenvalue weighted by atomic mass is 10.1. The van der Waals surface area contributed by atoms with E-state index in [-0.39, 0.29) is 5.56 Å². The number of hydrogen-bond donors (Lipinski definition) is 1. The van der Waals surface area contributed by atoms with Crippen LogP contribution in [0.25, 0.3) is 0 Å². The number of H-pyrrole nitrogens is 1. The molecule has 1 N–H and O–H groups in total. The van der Waals surface area contributed by atoms with Gasteiger partial charge in [-0.15, -0.1) is 0 Å². The van der Waals surface area contributed by atoms with Gasteiger partial charge in [0.15, 0.2) is 5.16 Å². The van der Waals surface area contributed by atoms with Crippen molar-refractivity contribution < 1.29 is 0 Å². The highest BCUT2D eigenvalue weighted by Crippen LogP contribution is 2.24. The molecule has 0 saturated heterocycles. The van der Waals surface area contributed by atoms with E-state index in [9.17, 15) is 4.79 Å². The first-order valence-corrected chi connectivity index (χ1v) is 7.94. The van der Waals surface area contributed by atoms with Crippen LogP contribution in [0.1, 0.15) is 30.2 Å². The molecule has 1 aromatic heterocycles. The number of aryl methyl sites for hydroxylation is 1. The maximum Gasteiger partial charge on any atom is 0.254 e. The summed E-state index contributed by atoms with van der Waals surface area (Å²) in [5, 5.41) is 1.38. The van der Waals surface area contributed by atoms with Crippen LogP contribution in [0.5, 0.6) is 0 Å². The molecule has 0 radical (unpaired) electrons. The molecule has 0 atom stereocenters. The fourth-order valence-corrected chi connectivity index (χ4v) is 3.15. The van der Waals surface area contributed by atoms with Crippen LogP contribution in [0, 0.1) is 6.92 Å². The number of thioether (sulfide) groups is 1. The minimum absolute atomic E-state index is 0.0268. The third-order valence-corrected chi connectivity index (χ3v) is 4.31. The SMILES string of the molecule is CCCc1c(C)nc(SCc2ccccc2Cl)[nH]c1=O. The minimum Gasteiger partial charge on any atom is -0.301 e. The average Bonchev–Trinajstić information content (AvgIpc) is 2.42. The molecule has 0 aliphatic carbocycles. The van der Waals surface area contributed by atoms with Crippen molar-refractivity contribution in [2.75, 3.05) is 0 Å². The monoisotopic (exact) mass is 308 g/mol. The quantitative estimate of drug-likeness (QED) is 0.671. The Morgan fingerprint density at radius 1 is 1.35 bits per heavy atom. The van der Waals surface area contributed by atoms with Crippen molar-refractivity contribution in [1.82, 2.24) is 9.97 Å². The standard InChI is InChI=1S/C15H17ClN2OS/c1-3-6-12-10(2)17-15(18-14(12)19)20-9-11-7-4-5-8-13(11)16/h4-5,7-8H,3,6,9H2,1-2H3,(H,17,18,19). The third-order valence-electron chi connectivity index (χ3n) is 3.02. The van der Waals surface area contributed by atoms with Crippen molar-refractivity contribution in [3.63, 3.8) is 0 Å². The maximum absolute atomic E-state index is 12.0. The Balaban J connectivity index is 2.15. The largest absolute Gasteiger partial charge is 0.301 e. The molecular weight excluding hydrogens is 292 g/mol. The van der Waals surface area contributed by atoms with Crippen LogP contribution in [-0.4, -0.2) is 9.97 Å². The molecule has 2 aromatic rings. The Morgan fingerprint density at radius 3 is 2.75 bits per heavy atom. The lowest BCUT2D eigenvalue weighted by Gasteiger charge is -2.07. The van der Waals surface area contributed by atoms with Crippen molar-refractivity contribution in [3.8, 4) is 0 Å². The van der Waals surface area contributed by atoms with E-state index in [0.29, 0.717) is 10.9 Å². The molecule has 0 amide bonds. The number of benzene rings is 1. The van der Waals surface area contributed by atoms with Crippen molar-refractivity contribution >= 4 is 23.4 Å². The fourth-order valence-electron chi connectivity index (χ4n) is 1.96. The Hall–Kier alpha value is -1.26. The van der Waals surface area contributed by atoms with Crippen LogP contribution in [0.4, 0.5) is 0 Å². The number of nitrogens with zero attached hydrogens (tertiary/aromatic N) is 1. The summed E-state index contributed by atoms with van der Waals surface area (Å²) in [4.78, 5) is 19.3. The molecule has 3 nitrogen and oxygen atoms in total. The van der Waals surface area contributed by atoms with Gasteiger partial charge in [0, 0.05) is 22.0 Å².